The van der Waals surface area contributed by atoms with E-state index in [-0.39, 0.29) is 11.9 Å². The van der Waals surface area contributed by atoms with Gasteiger partial charge in [0.2, 0.25) is 11.1 Å². The molecule has 1 amide bonds. The van der Waals surface area contributed by atoms with Gasteiger partial charge >= 0.3 is 0 Å². The van der Waals surface area contributed by atoms with Crippen LogP contribution in [0.2, 0.25) is 0 Å². The van der Waals surface area contributed by atoms with Gasteiger partial charge in [0.1, 0.15) is 0 Å². The van der Waals surface area contributed by atoms with E-state index in [0.29, 0.717) is 18.3 Å². The van der Waals surface area contributed by atoms with E-state index >= 15 is 0 Å². The lowest BCUT2D eigenvalue weighted by molar-refractivity contribution is -0.131. The number of amides is 1. The fourth-order valence-electron chi connectivity index (χ4n) is 3.68. The van der Waals surface area contributed by atoms with Crippen molar-refractivity contribution in [1.29, 1.82) is 0 Å². The van der Waals surface area contributed by atoms with Gasteiger partial charge in [-0.25, -0.2) is 4.68 Å². The van der Waals surface area contributed by atoms with Gasteiger partial charge in [0.15, 0.2) is 0 Å². The van der Waals surface area contributed by atoms with Crippen LogP contribution in [0.25, 0.3) is 0 Å². The number of nitrogens with zero attached hydrogens (tertiary/aromatic N) is 6. The van der Waals surface area contributed by atoms with Gasteiger partial charge in [-0.15, -0.1) is 5.10 Å². The van der Waals surface area contributed by atoms with Crippen LogP contribution in [0, 0.1) is 0 Å². The van der Waals surface area contributed by atoms with Gasteiger partial charge in [-0.1, -0.05) is 42.1 Å². The maximum atomic E-state index is 13.1. The van der Waals surface area contributed by atoms with Crippen LogP contribution in [-0.4, -0.2) is 47.9 Å². The molecule has 0 spiro atoms. The maximum absolute atomic E-state index is 13.1. The Morgan fingerprint density at radius 2 is 1.96 bits per heavy atom. The van der Waals surface area contributed by atoms with Crippen molar-refractivity contribution in [3.8, 4) is 0 Å². The largest absolute Gasteiger partial charge is 0.348 e. The molecular formula is C19H20N6OS. The quantitative estimate of drug-likeness (QED) is 0.636. The molecule has 0 bridgehead atoms. The summed E-state index contributed by atoms with van der Waals surface area (Å²) in [7, 11) is 0. The van der Waals surface area contributed by atoms with Crippen LogP contribution in [0.4, 0.5) is 0 Å². The van der Waals surface area contributed by atoms with Crippen molar-refractivity contribution in [3.05, 3.63) is 59.9 Å². The van der Waals surface area contributed by atoms with E-state index in [1.54, 1.807) is 0 Å². The minimum absolute atomic E-state index is 0.0533. The standard InChI is InChI=1S/C19H20N6OS/c26-17(13-27-19-20-21-22-25(19)15-8-9-15)24-12-11-23-10-4-7-16(23)18(24)14-5-2-1-3-6-14/h1-7,10,15,18H,8-9,11-13H2. The third kappa shape index (κ3) is 3.14. The van der Waals surface area contributed by atoms with Crippen molar-refractivity contribution in [2.75, 3.05) is 12.3 Å². The number of thioether (sulfide) groups is 1. The highest BCUT2D eigenvalue weighted by molar-refractivity contribution is 7.99. The number of tetrazole rings is 1. The molecule has 1 aliphatic heterocycles. The average Bonchev–Trinajstić information content (AvgIpc) is 3.25. The van der Waals surface area contributed by atoms with Gasteiger partial charge in [0.25, 0.3) is 0 Å². The van der Waals surface area contributed by atoms with E-state index in [9.17, 15) is 4.79 Å². The van der Waals surface area contributed by atoms with Gasteiger partial charge < -0.3 is 9.47 Å². The predicted octanol–water partition coefficient (Wildman–Crippen LogP) is 2.53. The smallest absolute Gasteiger partial charge is 0.233 e. The van der Waals surface area contributed by atoms with E-state index in [1.165, 1.54) is 11.8 Å². The Hall–Kier alpha value is -2.61. The van der Waals surface area contributed by atoms with E-state index in [2.05, 4.69) is 50.6 Å². The summed E-state index contributed by atoms with van der Waals surface area (Å²) in [5, 5.41) is 12.7. The van der Waals surface area contributed by atoms with Gasteiger partial charge in [0, 0.05) is 25.0 Å². The Morgan fingerprint density at radius 3 is 2.78 bits per heavy atom. The zero-order valence-corrected chi connectivity index (χ0v) is 15.6. The third-order valence-electron chi connectivity index (χ3n) is 5.15. The molecule has 138 valence electrons. The molecular weight excluding hydrogens is 360 g/mol. The highest BCUT2D eigenvalue weighted by Crippen LogP contribution is 2.37. The number of hydrogen-bond donors (Lipinski definition) is 0. The maximum Gasteiger partial charge on any atom is 0.233 e. The molecule has 5 rings (SSSR count). The Kier molecular flexibility index (Phi) is 4.20. The van der Waals surface area contributed by atoms with Crippen molar-refractivity contribution >= 4 is 17.7 Å². The molecule has 1 aliphatic carbocycles. The topological polar surface area (TPSA) is 68.8 Å². The first-order chi connectivity index (χ1) is 13.3. The first-order valence-electron chi connectivity index (χ1n) is 9.21. The summed E-state index contributed by atoms with van der Waals surface area (Å²) >= 11 is 1.43. The number of aromatic nitrogens is 5. The Bertz CT molecular complexity index is 948. The van der Waals surface area contributed by atoms with Crippen molar-refractivity contribution in [1.82, 2.24) is 29.7 Å². The first kappa shape index (κ1) is 16.6. The Balaban J connectivity index is 1.37. The Labute approximate surface area is 161 Å². The van der Waals surface area contributed by atoms with Gasteiger partial charge in [-0.2, -0.15) is 0 Å². The lowest BCUT2D eigenvalue weighted by atomic mass is 10.00. The molecule has 3 aromatic rings. The fraction of sp³-hybridized carbons (Fsp3) is 0.368. The summed E-state index contributed by atoms with van der Waals surface area (Å²) in [6.45, 7) is 1.52. The van der Waals surface area contributed by atoms with Crippen molar-refractivity contribution in [3.63, 3.8) is 0 Å². The minimum Gasteiger partial charge on any atom is -0.348 e. The summed E-state index contributed by atoms with van der Waals surface area (Å²) in [6.07, 6.45) is 4.32. The van der Waals surface area contributed by atoms with Crippen LogP contribution in [0.1, 0.15) is 36.2 Å². The monoisotopic (exact) mass is 380 g/mol. The Morgan fingerprint density at radius 1 is 1.11 bits per heavy atom. The molecule has 0 radical (unpaired) electrons. The van der Waals surface area contributed by atoms with Crippen LogP contribution in [0.5, 0.6) is 0 Å². The van der Waals surface area contributed by atoms with Gasteiger partial charge in [0.05, 0.1) is 17.8 Å². The summed E-state index contributed by atoms with van der Waals surface area (Å²) in [6, 6.07) is 14.8. The molecule has 1 atom stereocenters. The molecule has 27 heavy (non-hydrogen) atoms. The number of benzene rings is 1. The molecule has 7 nitrogen and oxygen atoms in total. The summed E-state index contributed by atoms with van der Waals surface area (Å²) in [4.78, 5) is 15.1. The summed E-state index contributed by atoms with van der Waals surface area (Å²) in [5.41, 5.74) is 2.30. The third-order valence-corrected chi connectivity index (χ3v) is 6.07. The average molecular weight is 380 g/mol. The van der Waals surface area contributed by atoms with Crippen LogP contribution in [0.3, 0.4) is 0 Å². The molecule has 1 unspecified atom stereocenters. The molecule has 0 saturated heterocycles. The van der Waals surface area contributed by atoms with E-state index in [0.717, 1.165) is 35.8 Å². The highest BCUT2D eigenvalue weighted by atomic mass is 32.2. The molecule has 8 heteroatoms. The van der Waals surface area contributed by atoms with Crippen molar-refractivity contribution in [2.45, 2.75) is 36.6 Å². The minimum atomic E-state index is -0.0533. The number of rotatable bonds is 5. The first-order valence-corrected chi connectivity index (χ1v) is 10.2. The van der Waals surface area contributed by atoms with Gasteiger partial charge in [-0.3, -0.25) is 4.79 Å². The van der Waals surface area contributed by atoms with Crippen molar-refractivity contribution in [2.24, 2.45) is 0 Å². The predicted molar refractivity (Wildman–Crippen MR) is 101 cm³/mol. The number of fused-ring (bicyclic) bond motifs is 1. The summed E-state index contributed by atoms with van der Waals surface area (Å²) < 4.78 is 4.09. The molecule has 3 heterocycles. The lowest BCUT2D eigenvalue weighted by Gasteiger charge is -2.37. The van der Waals surface area contributed by atoms with E-state index in [1.807, 2.05) is 27.8 Å². The van der Waals surface area contributed by atoms with Crippen LogP contribution in [0.15, 0.2) is 53.8 Å². The van der Waals surface area contributed by atoms with E-state index < -0.39 is 0 Å². The second-order valence-electron chi connectivity index (χ2n) is 6.95. The molecule has 2 aromatic heterocycles. The molecule has 2 aliphatic rings. The fourth-order valence-corrected chi connectivity index (χ4v) is 4.51. The van der Waals surface area contributed by atoms with Crippen LogP contribution in [-0.2, 0) is 11.3 Å². The number of hydrogen-bond acceptors (Lipinski definition) is 5. The van der Waals surface area contributed by atoms with Crippen molar-refractivity contribution < 1.29 is 4.79 Å². The van der Waals surface area contributed by atoms with Crippen LogP contribution < -0.4 is 0 Å². The van der Waals surface area contributed by atoms with Gasteiger partial charge in [-0.05, 0) is 41.0 Å². The lowest BCUT2D eigenvalue weighted by Crippen LogP contribution is -2.43. The second-order valence-corrected chi connectivity index (χ2v) is 7.90. The zero-order chi connectivity index (χ0) is 18.2. The second kappa shape index (κ2) is 6.84. The van der Waals surface area contributed by atoms with E-state index in [4.69, 9.17) is 0 Å². The zero-order valence-electron chi connectivity index (χ0n) is 14.8. The normalized spacial score (nSPS) is 19.1. The molecule has 1 fully saturated rings. The van der Waals surface area contributed by atoms with Crippen LogP contribution >= 0.6 is 11.8 Å². The molecule has 0 N–H and O–H groups in total. The SMILES string of the molecule is O=C(CSc1nnnn1C1CC1)N1CCn2cccc2C1c1ccccc1. The summed E-state index contributed by atoms with van der Waals surface area (Å²) in [5.74, 6) is 0.462. The highest BCUT2D eigenvalue weighted by Gasteiger charge is 2.33. The molecule has 1 saturated carbocycles. The number of carbonyl (C=O) groups excluding carboxylic acids is 1. The molecule has 1 aromatic carbocycles. The number of carbonyl (C=O) groups is 1.